The Bertz CT molecular complexity index is 1130. The summed E-state index contributed by atoms with van der Waals surface area (Å²) in [4.78, 5) is 28.6. The molecule has 2 amide bonds. The number of rotatable bonds is 5. The summed E-state index contributed by atoms with van der Waals surface area (Å²) in [6, 6.07) is 5.76. The lowest BCUT2D eigenvalue weighted by Gasteiger charge is -2.42. The number of likely N-dealkylation sites (N-methyl/N-ethyl adjacent to an activating group) is 1. The predicted octanol–water partition coefficient (Wildman–Crippen LogP) is 1.69. The molecule has 0 saturated heterocycles. The lowest BCUT2D eigenvalue weighted by atomic mass is 9.61. The summed E-state index contributed by atoms with van der Waals surface area (Å²) in [5.41, 5.74) is 9.25. The van der Waals surface area contributed by atoms with Crippen LogP contribution in [0.3, 0.4) is 0 Å². The molecule has 1 heterocycles. The van der Waals surface area contributed by atoms with Gasteiger partial charge in [-0.25, -0.2) is 0 Å². The van der Waals surface area contributed by atoms with Gasteiger partial charge < -0.3 is 15.5 Å². The van der Waals surface area contributed by atoms with E-state index in [2.05, 4.69) is 32.8 Å². The summed E-state index contributed by atoms with van der Waals surface area (Å²) in [5, 5.41) is 15.4. The molecule has 4 rings (SSSR count). The third-order valence-electron chi connectivity index (χ3n) is 6.93. The summed E-state index contributed by atoms with van der Waals surface area (Å²) >= 11 is 0. The largest absolute Gasteiger partial charge is 0.345 e. The zero-order chi connectivity index (χ0) is 24.6. The van der Waals surface area contributed by atoms with Crippen molar-refractivity contribution in [3.05, 3.63) is 64.5 Å². The number of tetrazole rings is 1. The Morgan fingerprint density at radius 3 is 2.56 bits per heavy atom. The van der Waals surface area contributed by atoms with E-state index in [1.54, 1.807) is 38.0 Å². The minimum Gasteiger partial charge on any atom is -0.345 e. The normalized spacial score (nSPS) is 24.4. The van der Waals surface area contributed by atoms with Crippen molar-refractivity contribution in [1.29, 1.82) is 0 Å². The highest BCUT2D eigenvalue weighted by atomic mass is 16.2. The maximum Gasteiger partial charge on any atom is 0.253 e. The summed E-state index contributed by atoms with van der Waals surface area (Å²) in [5.74, 6) is 0.566. The molecule has 3 N–H and O–H groups in total. The van der Waals surface area contributed by atoms with Crippen molar-refractivity contribution >= 4 is 11.8 Å². The molecule has 0 bridgehead atoms. The fourth-order valence-electron chi connectivity index (χ4n) is 5.53. The number of aromatic nitrogens is 4. The number of carbonyl (C=O) groups excluding carboxylic acids is 2. The van der Waals surface area contributed by atoms with Gasteiger partial charge in [-0.1, -0.05) is 29.5 Å². The van der Waals surface area contributed by atoms with Crippen LogP contribution >= 0.6 is 0 Å². The number of fused-ring (bicyclic) bond motifs is 2. The molecule has 0 spiro atoms. The van der Waals surface area contributed by atoms with Gasteiger partial charge in [-0.3, -0.25) is 9.59 Å². The standard InChI is InChI=1S/C25H33N7O2/c1-15(26)14-25(24-27-29-30-28-24)20-10-8-18(22(33)31(2)3)12-16(20)6-7-17-13-19(9-11-21(17)25)23(34)32(4)5/h8-13,15-16,20H,6-7,14,26H2,1-5H3,(H,27,28,29,30)/t15-,16?,20?,25?/m0/s1. The summed E-state index contributed by atoms with van der Waals surface area (Å²) in [6.07, 6.45) is 8.29. The van der Waals surface area contributed by atoms with E-state index >= 15 is 0 Å². The first-order valence-corrected chi connectivity index (χ1v) is 11.6. The van der Waals surface area contributed by atoms with Crippen LogP contribution in [-0.4, -0.2) is 76.5 Å². The van der Waals surface area contributed by atoms with Crippen LogP contribution in [0.5, 0.6) is 0 Å². The molecule has 1 aromatic carbocycles. The number of hydrogen-bond acceptors (Lipinski definition) is 6. The lowest BCUT2D eigenvalue weighted by molar-refractivity contribution is -0.124. The SMILES string of the molecule is C[C@H](N)CC1(c2nn[nH]n2)c2ccc(C(=O)N(C)C)cc2CCC2C=C(C(=O)N(C)C)C=CC21. The third-order valence-corrected chi connectivity index (χ3v) is 6.93. The average molecular weight is 464 g/mol. The molecule has 4 atom stereocenters. The summed E-state index contributed by atoms with van der Waals surface area (Å²) in [7, 11) is 7.02. The highest BCUT2D eigenvalue weighted by Crippen LogP contribution is 2.51. The number of nitrogens with zero attached hydrogens (tertiary/aromatic N) is 5. The van der Waals surface area contributed by atoms with Crippen molar-refractivity contribution in [1.82, 2.24) is 30.4 Å². The molecule has 0 fully saturated rings. The maximum atomic E-state index is 12.7. The van der Waals surface area contributed by atoms with E-state index in [-0.39, 0.29) is 29.7 Å². The van der Waals surface area contributed by atoms with Gasteiger partial charge in [0.2, 0.25) is 0 Å². The Morgan fingerprint density at radius 1 is 1.21 bits per heavy atom. The van der Waals surface area contributed by atoms with Gasteiger partial charge in [0, 0.05) is 51.3 Å². The van der Waals surface area contributed by atoms with Gasteiger partial charge in [0.1, 0.15) is 0 Å². The molecular weight excluding hydrogens is 430 g/mol. The van der Waals surface area contributed by atoms with Crippen molar-refractivity contribution in [2.24, 2.45) is 17.6 Å². The smallest absolute Gasteiger partial charge is 0.253 e. The molecule has 9 heteroatoms. The first-order valence-electron chi connectivity index (χ1n) is 11.6. The van der Waals surface area contributed by atoms with Gasteiger partial charge in [-0.05, 0) is 55.4 Å². The number of aryl methyl sites for hydroxylation is 1. The first kappa shape index (κ1) is 23.8. The van der Waals surface area contributed by atoms with Crippen molar-refractivity contribution in [3.8, 4) is 0 Å². The van der Waals surface area contributed by atoms with E-state index in [9.17, 15) is 9.59 Å². The van der Waals surface area contributed by atoms with Crippen LogP contribution in [0.1, 0.15) is 47.1 Å². The number of nitrogens with two attached hydrogens (primary N) is 1. The van der Waals surface area contributed by atoms with Gasteiger partial charge in [0.05, 0.1) is 5.41 Å². The fourth-order valence-corrected chi connectivity index (χ4v) is 5.53. The number of allylic oxidation sites excluding steroid dienone is 2. The molecule has 0 radical (unpaired) electrons. The molecule has 2 aliphatic rings. The van der Waals surface area contributed by atoms with Crippen molar-refractivity contribution in [3.63, 3.8) is 0 Å². The Kier molecular flexibility index (Phi) is 6.40. The Labute approximate surface area is 200 Å². The molecule has 34 heavy (non-hydrogen) atoms. The number of aromatic amines is 1. The average Bonchev–Trinajstić information content (AvgIpc) is 3.31. The minimum absolute atomic E-state index is 0.0207. The van der Waals surface area contributed by atoms with Crippen LogP contribution in [0.4, 0.5) is 0 Å². The van der Waals surface area contributed by atoms with E-state index < -0.39 is 5.41 Å². The molecule has 3 unspecified atom stereocenters. The van der Waals surface area contributed by atoms with Gasteiger partial charge in [0.15, 0.2) is 5.82 Å². The van der Waals surface area contributed by atoms with Gasteiger partial charge in [-0.15, -0.1) is 10.2 Å². The van der Waals surface area contributed by atoms with Gasteiger partial charge in [-0.2, -0.15) is 5.21 Å². The van der Waals surface area contributed by atoms with Crippen LogP contribution in [-0.2, 0) is 16.6 Å². The maximum absolute atomic E-state index is 12.7. The number of carbonyl (C=O) groups is 2. The van der Waals surface area contributed by atoms with Crippen molar-refractivity contribution in [2.45, 2.75) is 37.6 Å². The minimum atomic E-state index is -0.656. The Morgan fingerprint density at radius 2 is 1.94 bits per heavy atom. The number of H-pyrrole nitrogens is 1. The van der Waals surface area contributed by atoms with Crippen LogP contribution in [0.15, 0.2) is 42.0 Å². The zero-order valence-corrected chi connectivity index (χ0v) is 20.4. The van der Waals surface area contributed by atoms with Crippen LogP contribution < -0.4 is 5.73 Å². The highest BCUT2D eigenvalue weighted by molar-refractivity contribution is 5.96. The zero-order valence-electron chi connectivity index (χ0n) is 20.4. The molecule has 2 aromatic rings. The van der Waals surface area contributed by atoms with Gasteiger partial charge in [0.25, 0.3) is 11.8 Å². The van der Waals surface area contributed by atoms with E-state index in [0.29, 0.717) is 23.4 Å². The fraction of sp³-hybridized carbons (Fsp3) is 0.480. The second kappa shape index (κ2) is 9.13. The molecule has 9 nitrogen and oxygen atoms in total. The number of nitrogens with one attached hydrogen (secondary N) is 1. The number of benzene rings is 1. The number of hydrogen-bond donors (Lipinski definition) is 2. The summed E-state index contributed by atoms with van der Waals surface area (Å²) < 4.78 is 0. The van der Waals surface area contributed by atoms with Crippen molar-refractivity contribution in [2.75, 3.05) is 28.2 Å². The third kappa shape index (κ3) is 4.04. The Balaban J connectivity index is 1.93. The van der Waals surface area contributed by atoms with Crippen LogP contribution in [0, 0.1) is 11.8 Å². The number of amides is 2. The quantitative estimate of drug-likeness (QED) is 0.696. The monoisotopic (exact) mass is 463 g/mol. The second-order valence-electron chi connectivity index (χ2n) is 9.87. The lowest BCUT2D eigenvalue weighted by Crippen LogP contribution is -2.44. The van der Waals surface area contributed by atoms with E-state index in [1.165, 1.54) is 0 Å². The second-order valence-corrected chi connectivity index (χ2v) is 9.87. The van der Waals surface area contributed by atoms with E-state index in [1.807, 2.05) is 31.2 Å². The van der Waals surface area contributed by atoms with Crippen molar-refractivity contribution < 1.29 is 9.59 Å². The predicted molar refractivity (Wildman–Crippen MR) is 129 cm³/mol. The van der Waals surface area contributed by atoms with Gasteiger partial charge >= 0.3 is 0 Å². The van der Waals surface area contributed by atoms with E-state index in [0.717, 1.165) is 24.0 Å². The molecule has 0 aliphatic heterocycles. The highest BCUT2D eigenvalue weighted by Gasteiger charge is 2.50. The van der Waals surface area contributed by atoms with Crippen LogP contribution in [0.25, 0.3) is 0 Å². The topological polar surface area (TPSA) is 121 Å². The Hall–Kier alpha value is -3.33. The summed E-state index contributed by atoms with van der Waals surface area (Å²) in [6.45, 7) is 1.98. The molecule has 1 aromatic heterocycles. The molecule has 180 valence electrons. The van der Waals surface area contributed by atoms with Crippen LogP contribution in [0.2, 0.25) is 0 Å². The molecule has 0 saturated carbocycles. The first-order chi connectivity index (χ1) is 16.1. The van der Waals surface area contributed by atoms with E-state index in [4.69, 9.17) is 5.73 Å². The molecule has 2 aliphatic carbocycles. The molecular formula is C25H33N7O2.